The van der Waals surface area contributed by atoms with Gasteiger partial charge in [0.05, 0.1) is 29.0 Å². The zero-order chi connectivity index (χ0) is 14.8. The number of hydrogen-bond donors (Lipinski definition) is 1. The third kappa shape index (κ3) is 2.56. The predicted molar refractivity (Wildman–Crippen MR) is 84.2 cm³/mol. The van der Waals surface area contributed by atoms with E-state index in [0.717, 1.165) is 42.1 Å². The molecule has 110 valence electrons. The Kier molecular flexibility index (Phi) is 3.75. The molecule has 0 spiro atoms. The highest BCUT2D eigenvalue weighted by molar-refractivity contribution is 5.76. The number of nitrogens with two attached hydrogens (primary N) is 1. The summed E-state index contributed by atoms with van der Waals surface area (Å²) < 4.78 is 4.31. The first-order chi connectivity index (χ1) is 10.2. The zero-order valence-electron chi connectivity index (χ0n) is 12.6. The van der Waals surface area contributed by atoms with Crippen LogP contribution < -0.4 is 5.73 Å². The first kappa shape index (κ1) is 13.8. The number of imidazole rings is 1. The lowest BCUT2D eigenvalue weighted by molar-refractivity contribution is 0.593. The second-order valence-electron chi connectivity index (χ2n) is 5.23. The van der Waals surface area contributed by atoms with Crippen molar-refractivity contribution in [3.63, 3.8) is 0 Å². The summed E-state index contributed by atoms with van der Waals surface area (Å²) in [5.41, 5.74) is 10.2. The molecule has 2 heterocycles. The van der Waals surface area contributed by atoms with E-state index < -0.39 is 0 Å². The van der Waals surface area contributed by atoms with Crippen LogP contribution >= 0.6 is 0 Å². The van der Waals surface area contributed by atoms with Crippen molar-refractivity contribution in [1.82, 2.24) is 19.3 Å². The van der Waals surface area contributed by atoms with Crippen LogP contribution in [0.5, 0.6) is 0 Å². The molecule has 3 aromatic rings. The quantitative estimate of drug-likeness (QED) is 0.780. The molecule has 0 bridgehead atoms. The van der Waals surface area contributed by atoms with Gasteiger partial charge in [0.2, 0.25) is 0 Å². The molecule has 21 heavy (non-hydrogen) atoms. The first-order valence-corrected chi connectivity index (χ1v) is 7.40. The van der Waals surface area contributed by atoms with Crippen LogP contribution in [0.15, 0.2) is 30.3 Å². The van der Waals surface area contributed by atoms with Gasteiger partial charge in [0.15, 0.2) is 0 Å². The van der Waals surface area contributed by atoms with Crippen LogP contribution in [-0.4, -0.2) is 25.9 Å². The molecular formula is C16H21N5. The number of rotatable bonds is 5. The van der Waals surface area contributed by atoms with Gasteiger partial charge in [0, 0.05) is 13.0 Å². The highest BCUT2D eigenvalue weighted by Crippen LogP contribution is 2.18. The second-order valence-corrected chi connectivity index (χ2v) is 5.23. The van der Waals surface area contributed by atoms with E-state index in [-0.39, 0.29) is 0 Å². The Morgan fingerprint density at radius 3 is 2.81 bits per heavy atom. The summed E-state index contributed by atoms with van der Waals surface area (Å²) >= 11 is 0. The van der Waals surface area contributed by atoms with Crippen LogP contribution in [0, 0.1) is 6.92 Å². The van der Waals surface area contributed by atoms with Gasteiger partial charge in [0.1, 0.15) is 5.82 Å². The van der Waals surface area contributed by atoms with Crippen LogP contribution in [0.3, 0.4) is 0 Å². The van der Waals surface area contributed by atoms with E-state index in [1.807, 2.05) is 19.1 Å². The molecule has 0 unspecified atom stereocenters. The van der Waals surface area contributed by atoms with Gasteiger partial charge in [-0.15, -0.1) is 0 Å². The fraction of sp³-hybridized carbons (Fsp3) is 0.375. The zero-order valence-corrected chi connectivity index (χ0v) is 12.6. The van der Waals surface area contributed by atoms with Gasteiger partial charge in [-0.25, -0.2) is 4.98 Å². The predicted octanol–water partition coefficient (Wildman–Crippen LogP) is 2.11. The Bertz CT molecular complexity index is 753. The van der Waals surface area contributed by atoms with Crippen LogP contribution in [0.25, 0.3) is 11.0 Å². The second kappa shape index (κ2) is 5.69. The molecule has 0 fully saturated rings. The van der Waals surface area contributed by atoms with Crippen molar-refractivity contribution in [2.24, 2.45) is 5.73 Å². The monoisotopic (exact) mass is 283 g/mol. The Hall–Kier alpha value is -2.14. The smallest absolute Gasteiger partial charge is 0.111 e. The third-order valence-electron chi connectivity index (χ3n) is 3.71. The van der Waals surface area contributed by atoms with Gasteiger partial charge in [-0.05, 0) is 38.6 Å². The maximum Gasteiger partial charge on any atom is 0.111 e. The summed E-state index contributed by atoms with van der Waals surface area (Å²) in [6.07, 6.45) is 0.786. The molecule has 0 amide bonds. The van der Waals surface area contributed by atoms with Crippen molar-refractivity contribution < 1.29 is 0 Å². The molecule has 0 saturated carbocycles. The van der Waals surface area contributed by atoms with Crippen molar-refractivity contribution in [3.8, 4) is 0 Å². The van der Waals surface area contributed by atoms with Crippen molar-refractivity contribution >= 4 is 11.0 Å². The standard InChI is InChI=1S/C16H21N5/c1-3-21-13(10-12(2)19-21)11-20-15-7-5-4-6-14(15)18-16(20)8-9-17/h4-7,10H,3,8-9,11,17H2,1-2H3. The molecule has 0 aliphatic rings. The van der Waals surface area contributed by atoms with Gasteiger partial charge < -0.3 is 10.3 Å². The number of benzene rings is 1. The van der Waals surface area contributed by atoms with Crippen molar-refractivity contribution in [1.29, 1.82) is 0 Å². The van der Waals surface area contributed by atoms with E-state index in [0.29, 0.717) is 6.54 Å². The fourth-order valence-electron chi connectivity index (χ4n) is 2.78. The Morgan fingerprint density at radius 2 is 2.05 bits per heavy atom. The molecule has 0 saturated heterocycles. The van der Waals surface area contributed by atoms with Crippen molar-refractivity contribution in [2.45, 2.75) is 33.4 Å². The number of aromatic nitrogens is 4. The Balaban J connectivity index is 2.07. The average molecular weight is 283 g/mol. The van der Waals surface area contributed by atoms with E-state index in [9.17, 15) is 0 Å². The molecule has 5 heteroatoms. The van der Waals surface area contributed by atoms with E-state index in [1.54, 1.807) is 0 Å². The molecule has 0 radical (unpaired) electrons. The van der Waals surface area contributed by atoms with Crippen LogP contribution in [0.2, 0.25) is 0 Å². The molecule has 2 aromatic heterocycles. The molecule has 0 aliphatic heterocycles. The lowest BCUT2D eigenvalue weighted by Gasteiger charge is -2.10. The van der Waals surface area contributed by atoms with E-state index >= 15 is 0 Å². The van der Waals surface area contributed by atoms with Crippen LogP contribution in [0.4, 0.5) is 0 Å². The van der Waals surface area contributed by atoms with Crippen LogP contribution in [-0.2, 0) is 19.5 Å². The van der Waals surface area contributed by atoms with Gasteiger partial charge in [0.25, 0.3) is 0 Å². The summed E-state index contributed by atoms with van der Waals surface area (Å²) in [5.74, 6) is 1.04. The fourth-order valence-corrected chi connectivity index (χ4v) is 2.78. The summed E-state index contributed by atoms with van der Waals surface area (Å²) in [4.78, 5) is 4.71. The lowest BCUT2D eigenvalue weighted by atomic mass is 10.3. The maximum atomic E-state index is 5.73. The minimum atomic E-state index is 0.607. The number of para-hydroxylation sites is 2. The first-order valence-electron chi connectivity index (χ1n) is 7.40. The molecular weight excluding hydrogens is 262 g/mol. The lowest BCUT2D eigenvalue weighted by Crippen LogP contribution is -2.13. The molecule has 1 aromatic carbocycles. The third-order valence-corrected chi connectivity index (χ3v) is 3.71. The average Bonchev–Trinajstić information content (AvgIpc) is 3.01. The summed E-state index contributed by atoms with van der Waals surface area (Å²) in [7, 11) is 0. The molecule has 3 rings (SSSR count). The minimum absolute atomic E-state index is 0.607. The number of nitrogens with zero attached hydrogens (tertiary/aromatic N) is 4. The van der Waals surface area contributed by atoms with Gasteiger partial charge in [-0.1, -0.05) is 12.1 Å². The van der Waals surface area contributed by atoms with Gasteiger partial charge in [-0.3, -0.25) is 4.68 Å². The molecule has 2 N–H and O–H groups in total. The van der Waals surface area contributed by atoms with E-state index in [2.05, 4.69) is 39.5 Å². The van der Waals surface area contributed by atoms with Crippen LogP contribution in [0.1, 0.15) is 24.1 Å². The summed E-state index contributed by atoms with van der Waals surface area (Å²) in [6.45, 7) is 6.41. The molecule has 0 atom stereocenters. The normalized spacial score (nSPS) is 11.4. The SMILES string of the molecule is CCn1nc(C)cc1Cn1c(CCN)nc2ccccc21. The largest absolute Gasteiger partial charge is 0.330 e. The highest BCUT2D eigenvalue weighted by atomic mass is 15.3. The maximum absolute atomic E-state index is 5.73. The number of hydrogen-bond acceptors (Lipinski definition) is 3. The summed E-state index contributed by atoms with van der Waals surface area (Å²) in [6, 6.07) is 10.4. The number of aryl methyl sites for hydroxylation is 2. The van der Waals surface area contributed by atoms with Crippen molar-refractivity contribution in [2.75, 3.05) is 6.54 Å². The van der Waals surface area contributed by atoms with Gasteiger partial charge >= 0.3 is 0 Å². The van der Waals surface area contributed by atoms with E-state index in [4.69, 9.17) is 10.7 Å². The minimum Gasteiger partial charge on any atom is -0.330 e. The van der Waals surface area contributed by atoms with Crippen molar-refractivity contribution in [3.05, 3.63) is 47.5 Å². The van der Waals surface area contributed by atoms with Gasteiger partial charge in [-0.2, -0.15) is 5.10 Å². The Labute approximate surface area is 124 Å². The number of fused-ring (bicyclic) bond motifs is 1. The Morgan fingerprint density at radius 1 is 1.24 bits per heavy atom. The van der Waals surface area contributed by atoms with E-state index in [1.165, 1.54) is 5.69 Å². The summed E-state index contributed by atoms with van der Waals surface area (Å²) in [5, 5.41) is 4.52. The topological polar surface area (TPSA) is 61.7 Å². The highest BCUT2D eigenvalue weighted by Gasteiger charge is 2.12. The molecule has 5 nitrogen and oxygen atoms in total. The molecule has 0 aliphatic carbocycles.